The summed E-state index contributed by atoms with van der Waals surface area (Å²) in [6.45, 7) is 6.67. The van der Waals surface area contributed by atoms with Gasteiger partial charge in [0, 0.05) is 11.1 Å². The van der Waals surface area contributed by atoms with E-state index in [1.54, 1.807) is 0 Å². The van der Waals surface area contributed by atoms with E-state index in [1.165, 1.54) is 19.9 Å². The summed E-state index contributed by atoms with van der Waals surface area (Å²) in [4.78, 5) is 42.9. The molecule has 1 heterocycles. The van der Waals surface area contributed by atoms with E-state index >= 15 is 0 Å². The maximum Gasteiger partial charge on any atom is 0.381 e. The molecule has 0 amide bonds. The van der Waals surface area contributed by atoms with Crippen LogP contribution in [0.25, 0.3) is 0 Å². The minimum absolute atomic E-state index is 0.117. The molecule has 0 aromatic carbocycles. The number of rotatable bonds is 3. The summed E-state index contributed by atoms with van der Waals surface area (Å²) < 4.78 is 4.99. The van der Waals surface area contributed by atoms with Crippen molar-refractivity contribution >= 4 is 17.9 Å². The largest absolute Gasteiger partial charge is 0.465 e. The number of carbonyl (C=O) groups excluding carboxylic acids is 3. The van der Waals surface area contributed by atoms with Gasteiger partial charge in [0.05, 0.1) is 12.5 Å². The van der Waals surface area contributed by atoms with E-state index in [0.29, 0.717) is 13.0 Å². The molecule has 1 rings (SSSR count). The first-order valence-corrected chi connectivity index (χ1v) is 6.35. The van der Waals surface area contributed by atoms with Crippen molar-refractivity contribution in [2.24, 2.45) is 5.92 Å². The van der Waals surface area contributed by atoms with E-state index < -0.39 is 17.9 Å². The van der Waals surface area contributed by atoms with Gasteiger partial charge in [-0.25, -0.2) is 19.4 Å². The standard InChI is InChI=1S/C14H18O6/c1-9(2)12(15)19-20-13(16)10(3)8-11-6-4-5-7-18-14(11)17/h8,11H,1,4-7H2,2-3H3/b10-8+. The topological polar surface area (TPSA) is 78.9 Å². The Morgan fingerprint density at radius 3 is 2.55 bits per heavy atom. The minimum Gasteiger partial charge on any atom is -0.465 e. The Bertz CT molecular complexity index is 449. The van der Waals surface area contributed by atoms with Gasteiger partial charge in [-0.05, 0) is 33.1 Å². The molecule has 0 spiro atoms. The Hall–Kier alpha value is -2.11. The van der Waals surface area contributed by atoms with Gasteiger partial charge in [0.25, 0.3) is 0 Å². The second kappa shape index (κ2) is 7.47. The van der Waals surface area contributed by atoms with Crippen LogP contribution in [0.1, 0.15) is 33.1 Å². The van der Waals surface area contributed by atoms with Crippen LogP contribution >= 0.6 is 0 Å². The predicted molar refractivity (Wildman–Crippen MR) is 69.1 cm³/mol. The molecule has 1 aliphatic heterocycles. The number of esters is 1. The second-order valence-electron chi connectivity index (χ2n) is 4.64. The van der Waals surface area contributed by atoms with Crippen molar-refractivity contribution < 1.29 is 28.9 Å². The van der Waals surface area contributed by atoms with Crippen LogP contribution in [0, 0.1) is 5.92 Å². The third kappa shape index (κ3) is 4.87. The molecule has 1 saturated heterocycles. The van der Waals surface area contributed by atoms with Crippen LogP contribution in [-0.2, 0) is 28.9 Å². The zero-order valence-electron chi connectivity index (χ0n) is 11.6. The average molecular weight is 282 g/mol. The molecule has 1 fully saturated rings. The van der Waals surface area contributed by atoms with Crippen LogP contribution in [0.3, 0.4) is 0 Å². The fourth-order valence-corrected chi connectivity index (χ4v) is 1.60. The van der Waals surface area contributed by atoms with Crippen molar-refractivity contribution in [1.29, 1.82) is 0 Å². The van der Waals surface area contributed by atoms with Crippen LogP contribution in [-0.4, -0.2) is 24.5 Å². The van der Waals surface area contributed by atoms with Crippen LogP contribution < -0.4 is 0 Å². The lowest BCUT2D eigenvalue weighted by Crippen LogP contribution is -2.16. The summed E-state index contributed by atoms with van der Waals surface area (Å²) in [5.41, 5.74) is 0.301. The Labute approximate surface area is 117 Å². The van der Waals surface area contributed by atoms with E-state index in [0.717, 1.165) is 12.8 Å². The molecule has 0 aliphatic carbocycles. The Morgan fingerprint density at radius 1 is 1.25 bits per heavy atom. The Kier molecular flexibility index (Phi) is 5.96. The van der Waals surface area contributed by atoms with Gasteiger partial charge >= 0.3 is 17.9 Å². The summed E-state index contributed by atoms with van der Waals surface area (Å²) >= 11 is 0. The SMILES string of the molecule is C=C(C)C(=O)OOC(=O)/C(C)=C/C1CCCCOC1=O. The van der Waals surface area contributed by atoms with Gasteiger partial charge in [-0.15, -0.1) is 0 Å². The molecule has 0 saturated carbocycles. The lowest BCUT2D eigenvalue weighted by Gasteiger charge is -2.08. The molecule has 1 unspecified atom stereocenters. The van der Waals surface area contributed by atoms with E-state index in [1.807, 2.05) is 0 Å². The van der Waals surface area contributed by atoms with Crippen LogP contribution in [0.15, 0.2) is 23.8 Å². The van der Waals surface area contributed by atoms with Crippen molar-refractivity contribution in [3.63, 3.8) is 0 Å². The van der Waals surface area contributed by atoms with Gasteiger partial charge in [-0.1, -0.05) is 12.7 Å². The van der Waals surface area contributed by atoms with Gasteiger partial charge in [-0.2, -0.15) is 0 Å². The lowest BCUT2D eigenvalue weighted by molar-refractivity contribution is -0.252. The minimum atomic E-state index is -0.823. The number of ether oxygens (including phenoxy) is 1. The van der Waals surface area contributed by atoms with Crippen molar-refractivity contribution in [3.05, 3.63) is 23.8 Å². The molecule has 0 N–H and O–H groups in total. The number of cyclic esters (lactones) is 1. The highest BCUT2D eigenvalue weighted by Crippen LogP contribution is 2.18. The molecule has 110 valence electrons. The third-order valence-electron chi connectivity index (χ3n) is 2.77. The van der Waals surface area contributed by atoms with E-state index in [-0.39, 0.29) is 17.1 Å². The first-order valence-electron chi connectivity index (χ1n) is 6.35. The summed E-state index contributed by atoms with van der Waals surface area (Å²) in [5.74, 6) is -2.47. The van der Waals surface area contributed by atoms with Crippen molar-refractivity contribution in [1.82, 2.24) is 0 Å². The molecule has 20 heavy (non-hydrogen) atoms. The third-order valence-corrected chi connectivity index (χ3v) is 2.77. The summed E-state index contributed by atoms with van der Waals surface area (Å²) in [6.07, 6.45) is 3.76. The van der Waals surface area contributed by atoms with Crippen LogP contribution in [0.4, 0.5) is 0 Å². The van der Waals surface area contributed by atoms with Crippen molar-refractivity contribution in [2.75, 3.05) is 6.61 Å². The van der Waals surface area contributed by atoms with Gasteiger partial charge in [0.1, 0.15) is 0 Å². The zero-order chi connectivity index (χ0) is 15.1. The number of hydrogen-bond donors (Lipinski definition) is 0. The highest BCUT2D eigenvalue weighted by Gasteiger charge is 2.22. The van der Waals surface area contributed by atoms with E-state index in [2.05, 4.69) is 16.4 Å². The molecular weight excluding hydrogens is 264 g/mol. The number of hydrogen-bond acceptors (Lipinski definition) is 6. The normalized spacial score (nSPS) is 19.6. The molecule has 0 aromatic rings. The summed E-state index contributed by atoms with van der Waals surface area (Å²) in [5, 5.41) is 0. The molecule has 6 nitrogen and oxygen atoms in total. The predicted octanol–water partition coefficient (Wildman–Crippen LogP) is 1.85. The van der Waals surface area contributed by atoms with E-state index in [4.69, 9.17) is 4.74 Å². The van der Waals surface area contributed by atoms with Crippen LogP contribution in [0.2, 0.25) is 0 Å². The Morgan fingerprint density at radius 2 is 1.90 bits per heavy atom. The molecule has 1 atom stereocenters. The summed E-state index contributed by atoms with van der Waals surface area (Å²) in [6, 6.07) is 0. The molecule has 6 heteroatoms. The maximum atomic E-state index is 11.6. The van der Waals surface area contributed by atoms with Gasteiger partial charge < -0.3 is 4.74 Å². The second-order valence-corrected chi connectivity index (χ2v) is 4.64. The highest BCUT2D eigenvalue weighted by molar-refractivity contribution is 5.91. The first-order chi connectivity index (χ1) is 9.41. The molecular formula is C14H18O6. The maximum absolute atomic E-state index is 11.6. The quantitative estimate of drug-likeness (QED) is 0.340. The lowest BCUT2D eigenvalue weighted by atomic mass is 10.0. The first kappa shape index (κ1) is 15.9. The molecule has 0 radical (unpaired) electrons. The fourth-order valence-electron chi connectivity index (χ4n) is 1.60. The molecule has 0 bridgehead atoms. The van der Waals surface area contributed by atoms with Crippen molar-refractivity contribution in [2.45, 2.75) is 33.1 Å². The van der Waals surface area contributed by atoms with Gasteiger partial charge in [0.15, 0.2) is 0 Å². The molecule has 0 aromatic heterocycles. The van der Waals surface area contributed by atoms with Crippen LogP contribution in [0.5, 0.6) is 0 Å². The average Bonchev–Trinajstić information content (AvgIpc) is 2.60. The molecule has 1 aliphatic rings. The highest BCUT2D eigenvalue weighted by atomic mass is 17.2. The summed E-state index contributed by atoms with van der Waals surface area (Å²) in [7, 11) is 0. The Balaban J connectivity index is 2.58. The number of carbonyl (C=O) groups is 3. The smallest absolute Gasteiger partial charge is 0.381 e. The van der Waals surface area contributed by atoms with Gasteiger partial charge in [-0.3, -0.25) is 4.79 Å². The fraction of sp³-hybridized carbons (Fsp3) is 0.500. The monoisotopic (exact) mass is 282 g/mol. The zero-order valence-corrected chi connectivity index (χ0v) is 11.6. The van der Waals surface area contributed by atoms with Gasteiger partial charge in [0.2, 0.25) is 0 Å². The van der Waals surface area contributed by atoms with E-state index in [9.17, 15) is 14.4 Å². The van der Waals surface area contributed by atoms with Crippen molar-refractivity contribution in [3.8, 4) is 0 Å².